The van der Waals surface area contributed by atoms with Crippen LogP contribution in [-0.4, -0.2) is 47.5 Å². The Morgan fingerprint density at radius 3 is 2.54 bits per heavy atom. The fraction of sp³-hybridized carbons (Fsp3) is 0.226. The lowest BCUT2D eigenvalue weighted by Crippen LogP contribution is -2.42. The Hall–Kier alpha value is -4.32. The molecule has 1 fully saturated rings. The SMILES string of the molecule is CN(C)c1ccc(NC(=O)N2CCCC(c3nc(-c4ccc5ccccc5c4)c4ccccn34)C2)cc1. The molecule has 1 saturated heterocycles. The molecule has 0 saturated carbocycles. The van der Waals surface area contributed by atoms with Gasteiger partial charge in [0.25, 0.3) is 0 Å². The molecule has 3 heterocycles. The first-order valence-electron chi connectivity index (χ1n) is 12.9. The number of hydrogen-bond donors (Lipinski definition) is 1. The van der Waals surface area contributed by atoms with E-state index in [1.165, 1.54) is 10.8 Å². The third-order valence-corrected chi connectivity index (χ3v) is 7.31. The number of amides is 2. The molecule has 3 aromatic carbocycles. The predicted molar refractivity (Wildman–Crippen MR) is 151 cm³/mol. The molecule has 0 radical (unpaired) electrons. The molecule has 0 bridgehead atoms. The number of nitrogens with one attached hydrogen (secondary N) is 1. The van der Waals surface area contributed by atoms with Crippen molar-refractivity contribution in [2.24, 2.45) is 0 Å². The highest BCUT2D eigenvalue weighted by molar-refractivity contribution is 5.90. The molecule has 6 nitrogen and oxygen atoms in total. The van der Waals surface area contributed by atoms with Gasteiger partial charge >= 0.3 is 6.03 Å². The van der Waals surface area contributed by atoms with Gasteiger partial charge < -0.3 is 19.5 Å². The Kier molecular flexibility index (Phi) is 6.01. The first-order valence-corrected chi connectivity index (χ1v) is 12.9. The quantitative estimate of drug-likeness (QED) is 0.308. The van der Waals surface area contributed by atoms with E-state index in [0.717, 1.165) is 53.4 Å². The van der Waals surface area contributed by atoms with Crippen molar-refractivity contribution in [2.45, 2.75) is 18.8 Å². The molecule has 6 heteroatoms. The van der Waals surface area contributed by atoms with Gasteiger partial charge in [0.1, 0.15) is 5.82 Å². The summed E-state index contributed by atoms with van der Waals surface area (Å²) in [5.41, 5.74) is 5.10. The number of carbonyl (C=O) groups is 1. The van der Waals surface area contributed by atoms with E-state index in [1.54, 1.807) is 0 Å². The molecule has 2 aromatic heterocycles. The van der Waals surface area contributed by atoms with Gasteiger partial charge in [-0.3, -0.25) is 0 Å². The second kappa shape index (κ2) is 9.62. The standard InChI is InChI=1S/C31H31N5O/c1-34(2)27-16-14-26(15-17-27)32-31(37)35-18-7-10-25(21-35)30-33-29(28-11-5-6-19-36(28)30)24-13-12-22-8-3-4-9-23(22)20-24/h3-6,8-9,11-17,19-20,25H,7,10,18,21H2,1-2H3,(H,32,37). The summed E-state index contributed by atoms with van der Waals surface area (Å²) < 4.78 is 2.20. The van der Waals surface area contributed by atoms with Gasteiger partial charge in [-0.1, -0.05) is 42.5 Å². The van der Waals surface area contributed by atoms with Crippen LogP contribution in [0.15, 0.2) is 91.1 Å². The monoisotopic (exact) mass is 489 g/mol. The number of nitrogens with zero attached hydrogens (tertiary/aromatic N) is 4. The average Bonchev–Trinajstić information content (AvgIpc) is 3.33. The third-order valence-electron chi connectivity index (χ3n) is 7.31. The van der Waals surface area contributed by atoms with Crippen LogP contribution in [-0.2, 0) is 0 Å². The van der Waals surface area contributed by atoms with Crippen LogP contribution in [0.25, 0.3) is 27.5 Å². The van der Waals surface area contributed by atoms with Crippen LogP contribution in [0, 0.1) is 0 Å². The first kappa shape index (κ1) is 23.1. The zero-order valence-electron chi connectivity index (χ0n) is 21.3. The lowest BCUT2D eigenvalue weighted by molar-refractivity contribution is 0.191. The molecule has 2 amide bonds. The number of urea groups is 1. The molecule has 37 heavy (non-hydrogen) atoms. The lowest BCUT2D eigenvalue weighted by atomic mass is 9.97. The minimum absolute atomic E-state index is 0.0575. The maximum atomic E-state index is 13.2. The summed E-state index contributed by atoms with van der Waals surface area (Å²) in [4.78, 5) is 22.3. The summed E-state index contributed by atoms with van der Waals surface area (Å²) in [6.07, 6.45) is 4.05. The van der Waals surface area contributed by atoms with Crippen LogP contribution in [0.2, 0.25) is 0 Å². The summed E-state index contributed by atoms with van der Waals surface area (Å²) in [6.45, 7) is 1.39. The number of anilines is 2. The Morgan fingerprint density at radius 2 is 1.73 bits per heavy atom. The maximum absolute atomic E-state index is 13.2. The van der Waals surface area contributed by atoms with Crippen molar-refractivity contribution in [1.29, 1.82) is 0 Å². The highest BCUT2D eigenvalue weighted by atomic mass is 16.2. The summed E-state index contributed by atoms with van der Waals surface area (Å²) in [5, 5.41) is 5.51. The number of rotatable bonds is 4. The maximum Gasteiger partial charge on any atom is 0.321 e. The van der Waals surface area contributed by atoms with E-state index in [2.05, 4.69) is 70.5 Å². The van der Waals surface area contributed by atoms with Gasteiger partial charge in [-0.2, -0.15) is 0 Å². The molecule has 1 atom stereocenters. The van der Waals surface area contributed by atoms with Crippen LogP contribution < -0.4 is 10.2 Å². The van der Waals surface area contributed by atoms with Crippen LogP contribution in [0.1, 0.15) is 24.6 Å². The Bertz CT molecular complexity index is 1570. The smallest absolute Gasteiger partial charge is 0.321 e. The molecule has 186 valence electrons. The molecule has 0 spiro atoms. The zero-order valence-corrected chi connectivity index (χ0v) is 21.3. The van der Waals surface area contributed by atoms with Crippen LogP contribution in [0.5, 0.6) is 0 Å². The topological polar surface area (TPSA) is 52.9 Å². The van der Waals surface area contributed by atoms with Gasteiger partial charge in [0, 0.05) is 56.2 Å². The van der Waals surface area contributed by atoms with Crippen LogP contribution in [0.3, 0.4) is 0 Å². The van der Waals surface area contributed by atoms with E-state index < -0.39 is 0 Å². The summed E-state index contributed by atoms with van der Waals surface area (Å²) in [6, 6.07) is 29.1. The number of imidazole rings is 1. The normalized spacial score (nSPS) is 15.7. The Labute approximate surface area is 217 Å². The van der Waals surface area contributed by atoms with Gasteiger partial charge in [-0.25, -0.2) is 9.78 Å². The lowest BCUT2D eigenvalue weighted by Gasteiger charge is -2.32. The van der Waals surface area contributed by atoms with Crippen molar-refractivity contribution in [3.63, 3.8) is 0 Å². The average molecular weight is 490 g/mol. The van der Waals surface area contributed by atoms with E-state index >= 15 is 0 Å². The van der Waals surface area contributed by atoms with Crippen molar-refractivity contribution in [2.75, 3.05) is 37.4 Å². The number of pyridine rings is 1. The van der Waals surface area contributed by atoms with E-state index in [0.29, 0.717) is 6.54 Å². The number of aromatic nitrogens is 2. The van der Waals surface area contributed by atoms with Crippen LogP contribution in [0.4, 0.5) is 16.2 Å². The van der Waals surface area contributed by atoms with Gasteiger partial charge in [-0.15, -0.1) is 0 Å². The van der Waals surface area contributed by atoms with Gasteiger partial charge in [0.05, 0.1) is 11.2 Å². The number of piperidine rings is 1. The fourth-order valence-electron chi connectivity index (χ4n) is 5.32. The highest BCUT2D eigenvalue weighted by Crippen LogP contribution is 2.33. The highest BCUT2D eigenvalue weighted by Gasteiger charge is 2.28. The van der Waals surface area contributed by atoms with Crippen LogP contribution >= 0.6 is 0 Å². The van der Waals surface area contributed by atoms with Crippen molar-refractivity contribution in [1.82, 2.24) is 14.3 Å². The second-order valence-electron chi connectivity index (χ2n) is 9.99. The minimum atomic E-state index is -0.0575. The largest absolute Gasteiger partial charge is 0.378 e. The fourth-order valence-corrected chi connectivity index (χ4v) is 5.32. The predicted octanol–water partition coefficient (Wildman–Crippen LogP) is 6.63. The molecule has 1 unspecified atom stereocenters. The van der Waals surface area contributed by atoms with Crippen molar-refractivity contribution in [3.8, 4) is 11.3 Å². The van der Waals surface area contributed by atoms with Gasteiger partial charge in [-0.05, 0) is 66.1 Å². The Morgan fingerprint density at radius 1 is 0.946 bits per heavy atom. The zero-order chi connectivity index (χ0) is 25.4. The number of fused-ring (bicyclic) bond motifs is 2. The number of carbonyl (C=O) groups excluding carboxylic acids is 1. The van der Waals surface area contributed by atoms with Crippen molar-refractivity contribution in [3.05, 3.63) is 97.0 Å². The molecule has 6 rings (SSSR count). The molecule has 0 aliphatic carbocycles. The van der Waals surface area contributed by atoms with Crippen molar-refractivity contribution < 1.29 is 4.79 Å². The second-order valence-corrected chi connectivity index (χ2v) is 9.99. The number of hydrogen-bond acceptors (Lipinski definition) is 3. The molecule has 5 aromatic rings. The third kappa shape index (κ3) is 4.51. The molecular formula is C31H31N5O. The summed E-state index contributed by atoms with van der Waals surface area (Å²) in [7, 11) is 4.01. The number of benzene rings is 3. The summed E-state index contributed by atoms with van der Waals surface area (Å²) in [5.74, 6) is 1.19. The number of likely N-dealkylation sites (tertiary alicyclic amines) is 1. The van der Waals surface area contributed by atoms with E-state index in [9.17, 15) is 4.79 Å². The van der Waals surface area contributed by atoms with Gasteiger partial charge in [0.2, 0.25) is 0 Å². The van der Waals surface area contributed by atoms with Gasteiger partial charge in [0.15, 0.2) is 0 Å². The molecular weight excluding hydrogens is 458 g/mol. The molecule has 1 aliphatic heterocycles. The van der Waals surface area contributed by atoms with E-state index in [1.807, 2.05) is 54.2 Å². The van der Waals surface area contributed by atoms with E-state index in [4.69, 9.17) is 4.98 Å². The molecule has 1 aliphatic rings. The summed E-state index contributed by atoms with van der Waals surface area (Å²) >= 11 is 0. The first-order chi connectivity index (χ1) is 18.1. The van der Waals surface area contributed by atoms with Crippen molar-refractivity contribution >= 4 is 33.7 Å². The molecule has 1 N–H and O–H groups in total. The minimum Gasteiger partial charge on any atom is -0.378 e. The Balaban J connectivity index is 1.27. The van der Waals surface area contributed by atoms with E-state index in [-0.39, 0.29) is 11.9 Å².